The van der Waals surface area contributed by atoms with Crippen LogP contribution < -0.4 is 0 Å². The van der Waals surface area contributed by atoms with Gasteiger partial charge in [-0.2, -0.15) is 13.1 Å². The molecule has 0 heterocycles. The van der Waals surface area contributed by atoms with Crippen molar-refractivity contribution >= 4 is 22.1 Å². The topological polar surface area (TPSA) is 76.1 Å². The number of sulfonamides is 1. The van der Waals surface area contributed by atoms with Gasteiger partial charge in [0.25, 0.3) is 10.0 Å². The third-order valence-corrected chi connectivity index (χ3v) is 7.55. The molecule has 0 spiro atoms. The molecule has 0 aliphatic carbocycles. The van der Waals surface area contributed by atoms with Gasteiger partial charge in [-0.1, -0.05) is 71.3 Å². The molecule has 0 fully saturated rings. The molecule has 0 radical (unpaired) electrons. The maximum absolute atomic E-state index is 14.3. The number of unbranched alkanes of at least 4 members (excludes halogenated alkanes) is 2. The highest BCUT2D eigenvalue weighted by Crippen LogP contribution is 2.39. The maximum Gasteiger partial charge on any atom is 0.433 e. The average Bonchev–Trinajstić information content (AvgIpc) is 2.64. The van der Waals surface area contributed by atoms with Crippen LogP contribution in [0.25, 0.3) is 0 Å². The van der Waals surface area contributed by atoms with E-state index in [4.69, 9.17) is 5.26 Å². The highest BCUT2D eigenvalue weighted by atomic mass is 32.3. The highest BCUT2D eigenvalue weighted by Gasteiger charge is 2.52. The lowest BCUT2D eigenvalue weighted by molar-refractivity contribution is -0.433. The Morgan fingerprint density at radius 3 is 1.78 bits per heavy atom. The second-order valence-electron chi connectivity index (χ2n) is 6.84. The van der Waals surface area contributed by atoms with Crippen LogP contribution in [0.5, 0.6) is 0 Å². The van der Waals surface area contributed by atoms with Gasteiger partial charge in [0.1, 0.15) is 12.0 Å². The fourth-order valence-electron chi connectivity index (χ4n) is 2.93. The van der Waals surface area contributed by atoms with Gasteiger partial charge in [0, 0.05) is 13.1 Å². The molecule has 6 nitrogen and oxygen atoms in total. The number of rotatable bonds is 17. The van der Waals surface area contributed by atoms with Crippen molar-refractivity contribution in [2.45, 2.75) is 83.6 Å². The van der Waals surface area contributed by atoms with Crippen molar-refractivity contribution in [3.63, 3.8) is 0 Å². The lowest BCUT2D eigenvalue weighted by Crippen LogP contribution is -2.45. The molecule has 2 unspecified atom stereocenters. The smallest absolute Gasteiger partial charge is 0.220 e. The Morgan fingerprint density at radius 2 is 1.44 bits per heavy atom. The second kappa shape index (κ2) is 14.1. The van der Waals surface area contributed by atoms with E-state index < -0.39 is 26.7 Å². The average molecular weight is 436 g/mol. The van der Waals surface area contributed by atoms with Crippen LogP contribution in [0, 0.1) is 11.8 Å². The van der Waals surface area contributed by atoms with Crippen LogP contribution in [0.4, 0.5) is 8.78 Å². The molecule has 0 aliphatic heterocycles. The lowest BCUT2D eigenvalue weighted by atomic mass is 9.97. The minimum Gasteiger partial charge on any atom is -0.220 e. The third kappa shape index (κ3) is 9.36. The molecule has 1 N–H and O–H groups in total. The normalized spacial score (nSPS) is 15.3. The number of nitrogens with zero attached hydrogens (tertiary/aromatic N) is 1. The summed E-state index contributed by atoms with van der Waals surface area (Å²) < 4.78 is 54.2. The van der Waals surface area contributed by atoms with E-state index in [0.29, 0.717) is 12.8 Å². The van der Waals surface area contributed by atoms with Gasteiger partial charge >= 0.3 is 4.59 Å². The summed E-state index contributed by atoms with van der Waals surface area (Å²) in [6.45, 7) is 8.06. The molecule has 0 saturated carbocycles. The van der Waals surface area contributed by atoms with E-state index in [9.17, 15) is 17.2 Å². The molecule has 27 heavy (non-hydrogen) atoms. The fourth-order valence-corrected chi connectivity index (χ4v) is 4.90. The van der Waals surface area contributed by atoms with Gasteiger partial charge in [-0.25, -0.2) is 13.7 Å². The SMILES string of the molecule is CCCCC(CC)CN(CC(CC)CCCC)S(=O)(=O)C(F)(F)SOOO. The quantitative estimate of drug-likeness (QED) is 0.180. The first kappa shape index (κ1) is 27.0. The molecule has 2 atom stereocenters. The molecule has 0 aromatic heterocycles. The van der Waals surface area contributed by atoms with Crippen molar-refractivity contribution in [2.75, 3.05) is 13.1 Å². The number of halogens is 2. The first-order valence-electron chi connectivity index (χ1n) is 9.73. The van der Waals surface area contributed by atoms with Gasteiger partial charge in [-0.3, -0.25) is 0 Å². The molecule has 164 valence electrons. The lowest BCUT2D eigenvalue weighted by Gasteiger charge is -2.31. The van der Waals surface area contributed by atoms with E-state index in [2.05, 4.69) is 9.37 Å². The van der Waals surface area contributed by atoms with E-state index >= 15 is 0 Å². The number of hydrogen-bond acceptors (Lipinski definition) is 6. The first-order valence-corrected chi connectivity index (χ1v) is 11.9. The summed E-state index contributed by atoms with van der Waals surface area (Å²) in [5.41, 5.74) is 0. The largest absolute Gasteiger partial charge is 0.433 e. The van der Waals surface area contributed by atoms with Crippen LogP contribution in [-0.2, 0) is 19.4 Å². The molecule has 0 aromatic carbocycles. The van der Waals surface area contributed by atoms with Crippen LogP contribution in [-0.4, -0.2) is 35.7 Å². The van der Waals surface area contributed by atoms with E-state index in [-0.39, 0.29) is 24.9 Å². The van der Waals surface area contributed by atoms with E-state index in [0.717, 1.165) is 42.8 Å². The Kier molecular flexibility index (Phi) is 14.1. The second-order valence-corrected chi connectivity index (χ2v) is 9.90. The van der Waals surface area contributed by atoms with E-state index in [1.807, 2.05) is 27.7 Å². The number of alkyl halides is 2. The summed E-state index contributed by atoms with van der Waals surface area (Å²) in [4.78, 5) is 0. The first-order chi connectivity index (χ1) is 12.7. The molecular weight excluding hydrogens is 400 g/mol. The monoisotopic (exact) mass is 435 g/mol. The Hall–Kier alpha value is -0.0000000000000000694. The van der Waals surface area contributed by atoms with Gasteiger partial charge in [0.2, 0.25) is 0 Å². The van der Waals surface area contributed by atoms with Gasteiger partial charge in [0.15, 0.2) is 0 Å². The van der Waals surface area contributed by atoms with Gasteiger partial charge < -0.3 is 0 Å². The maximum atomic E-state index is 14.3. The van der Waals surface area contributed by atoms with Crippen LogP contribution in [0.2, 0.25) is 0 Å². The standard InChI is InChI=1S/C17H35F2NO5S2/c1-5-9-11-15(7-3)13-20(14-16(8-4)12-10-6-2)27(22,23)17(18,19)26-25-24-21/h15-16,21H,5-14H2,1-4H3. The zero-order valence-corrected chi connectivity index (χ0v) is 18.5. The minimum absolute atomic E-state index is 0.0132. The molecule has 0 aromatic rings. The van der Waals surface area contributed by atoms with Gasteiger partial charge in [-0.15, -0.1) is 4.33 Å². The summed E-state index contributed by atoms with van der Waals surface area (Å²) in [7, 11) is -4.99. The third-order valence-electron chi connectivity index (χ3n) is 4.81. The summed E-state index contributed by atoms with van der Waals surface area (Å²) in [6.07, 6.45) is 6.78. The molecule has 0 rings (SSSR count). The molecule has 0 saturated heterocycles. The van der Waals surface area contributed by atoms with Crippen LogP contribution in [0.15, 0.2) is 0 Å². The van der Waals surface area contributed by atoms with Crippen molar-refractivity contribution in [3.05, 3.63) is 0 Å². The Bertz CT molecular complexity index is 462. The molecular formula is C17H35F2NO5S2. The van der Waals surface area contributed by atoms with Crippen molar-refractivity contribution in [3.8, 4) is 0 Å². The molecule has 0 amide bonds. The Balaban J connectivity index is 5.52. The molecule has 10 heteroatoms. The molecule has 0 aliphatic rings. The van der Waals surface area contributed by atoms with Crippen LogP contribution >= 0.6 is 12.0 Å². The zero-order chi connectivity index (χ0) is 20.9. The van der Waals surface area contributed by atoms with Gasteiger partial charge in [0.05, 0.1) is 0 Å². The van der Waals surface area contributed by atoms with Crippen molar-refractivity contribution in [1.82, 2.24) is 4.31 Å². The zero-order valence-electron chi connectivity index (χ0n) is 16.8. The van der Waals surface area contributed by atoms with Gasteiger partial charge in [-0.05, 0) is 24.7 Å². The highest BCUT2D eigenvalue weighted by molar-refractivity contribution is 8.10. The summed E-state index contributed by atoms with van der Waals surface area (Å²) in [6, 6.07) is 0. The van der Waals surface area contributed by atoms with Crippen LogP contribution in [0.1, 0.15) is 79.1 Å². The van der Waals surface area contributed by atoms with E-state index in [1.165, 1.54) is 0 Å². The van der Waals surface area contributed by atoms with Crippen molar-refractivity contribution in [2.24, 2.45) is 11.8 Å². The summed E-state index contributed by atoms with van der Waals surface area (Å²) in [5.74, 6) is 0.0263. The predicted molar refractivity (Wildman–Crippen MR) is 104 cm³/mol. The molecule has 0 bridgehead atoms. The predicted octanol–water partition coefficient (Wildman–Crippen LogP) is 5.67. The minimum atomic E-state index is -4.99. The Labute approximate surface area is 167 Å². The van der Waals surface area contributed by atoms with E-state index in [1.54, 1.807) is 0 Å². The van der Waals surface area contributed by atoms with Crippen molar-refractivity contribution in [1.29, 1.82) is 0 Å². The van der Waals surface area contributed by atoms with Crippen molar-refractivity contribution < 1.29 is 31.8 Å². The summed E-state index contributed by atoms with van der Waals surface area (Å²) >= 11 is -0.716. The summed E-state index contributed by atoms with van der Waals surface area (Å²) in [5, 5.41) is 11.3. The Morgan fingerprint density at radius 1 is 1.00 bits per heavy atom. The fraction of sp³-hybridized carbons (Fsp3) is 1.00. The number of hydrogen-bond donors (Lipinski definition) is 1. The van der Waals surface area contributed by atoms with Crippen LogP contribution in [0.3, 0.4) is 0 Å².